The number of ether oxygens (including phenoxy) is 1. The minimum absolute atomic E-state index is 0.457. The first-order chi connectivity index (χ1) is 7.20. The Balaban J connectivity index is 2.05. The third kappa shape index (κ3) is 2.73. The molecule has 0 amide bonds. The lowest BCUT2D eigenvalue weighted by Crippen LogP contribution is -2.02. The van der Waals surface area contributed by atoms with Crippen molar-refractivity contribution in [1.29, 1.82) is 0 Å². The molecule has 0 radical (unpaired) electrons. The van der Waals surface area contributed by atoms with Gasteiger partial charge in [-0.25, -0.2) is 0 Å². The van der Waals surface area contributed by atoms with Gasteiger partial charge in [0.1, 0.15) is 0 Å². The molecule has 1 aromatic carbocycles. The van der Waals surface area contributed by atoms with Gasteiger partial charge in [0.25, 0.3) is 0 Å². The Kier molecular flexibility index (Phi) is 3.32. The Labute approximate surface area is 96.4 Å². The Hall–Kier alpha value is -0.530. The van der Waals surface area contributed by atoms with Gasteiger partial charge < -0.3 is 4.74 Å². The Morgan fingerprint density at radius 3 is 2.73 bits per heavy atom. The number of hydrogen-bond acceptors (Lipinski definition) is 1. The molecule has 3 unspecified atom stereocenters. The summed E-state index contributed by atoms with van der Waals surface area (Å²) in [4.78, 5) is 0. The molecule has 2 rings (SSSR count). The van der Waals surface area contributed by atoms with Crippen LogP contribution in [0.5, 0.6) is 0 Å². The van der Waals surface area contributed by atoms with E-state index in [0.29, 0.717) is 18.1 Å². The molecular weight excluding hydrogens is 208 g/mol. The fourth-order valence-corrected chi connectivity index (χ4v) is 2.26. The molecule has 0 N–H and O–H groups in total. The fraction of sp³-hybridized carbons (Fsp3) is 0.538. The average molecular weight is 225 g/mol. The van der Waals surface area contributed by atoms with Gasteiger partial charge in [-0.15, -0.1) is 0 Å². The van der Waals surface area contributed by atoms with E-state index in [1.165, 1.54) is 5.56 Å². The van der Waals surface area contributed by atoms with Crippen LogP contribution in [0.15, 0.2) is 24.3 Å². The number of hydrogen-bond donors (Lipinski definition) is 0. The molecule has 15 heavy (non-hydrogen) atoms. The van der Waals surface area contributed by atoms with Gasteiger partial charge in [-0.3, -0.25) is 0 Å². The number of halogens is 1. The maximum Gasteiger partial charge on any atom is 0.0844 e. The van der Waals surface area contributed by atoms with Crippen LogP contribution in [0.4, 0.5) is 0 Å². The summed E-state index contributed by atoms with van der Waals surface area (Å²) in [6.45, 7) is 4.36. The lowest BCUT2D eigenvalue weighted by Gasteiger charge is -2.14. The molecule has 0 aliphatic carbocycles. The first-order valence-electron chi connectivity index (χ1n) is 5.61. The van der Waals surface area contributed by atoms with Gasteiger partial charge in [0.05, 0.1) is 12.2 Å². The van der Waals surface area contributed by atoms with E-state index < -0.39 is 0 Å². The summed E-state index contributed by atoms with van der Waals surface area (Å²) >= 11 is 6.00. The summed E-state index contributed by atoms with van der Waals surface area (Å²) in [5, 5.41) is 0.829. The van der Waals surface area contributed by atoms with E-state index in [1.807, 2.05) is 12.1 Å². The van der Waals surface area contributed by atoms with Gasteiger partial charge >= 0.3 is 0 Å². The first-order valence-corrected chi connectivity index (χ1v) is 5.99. The lowest BCUT2D eigenvalue weighted by atomic mass is 9.91. The van der Waals surface area contributed by atoms with Crippen molar-refractivity contribution in [2.45, 2.75) is 44.8 Å². The molecule has 1 heterocycles. The van der Waals surface area contributed by atoms with Gasteiger partial charge in [-0.1, -0.05) is 30.7 Å². The molecule has 1 aromatic rings. The highest BCUT2D eigenvalue weighted by molar-refractivity contribution is 6.30. The zero-order valence-corrected chi connectivity index (χ0v) is 10.00. The smallest absolute Gasteiger partial charge is 0.0844 e. The van der Waals surface area contributed by atoms with Gasteiger partial charge in [-0.2, -0.15) is 0 Å². The maximum atomic E-state index is 6.00. The molecule has 0 spiro atoms. The summed E-state index contributed by atoms with van der Waals surface area (Å²) in [6, 6.07) is 8.18. The second-order valence-corrected chi connectivity index (χ2v) is 4.71. The quantitative estimate of drug-likeness (QED) is 0.704. The average Bonchev–Trinajstić information content (AvgIpc) is 2.91. The van der Waals surface area contributed by atoms with Crippen LogP contribution in [0.1, 0.15) is 38.2 Å². The first kappa shape index (κ1) is 11.0. The summed E-state index contributed by atoms with van der Waals surface area (Å²) < 4.78 is 5.47. The monoisotopic (exact) mass is 224 g/mol. The van der Waals surface area contributed by atoms with Crippen molar-refractivity contribution in [2.75, 3.05) is 0 Å². The van der Waals surface area contributed by atoms with Crippen LogP contribution < -0.4 is 0 Å². The van der Waals surface area contributed by atoms with Crippen molar-refractivity contribution in [2.24, 2.45) is 0 Å². The van der Waals surface area contributed by atoms with E-state index in [2.05, 4.69) is 26.0 Å². The highest BCUT2D eigenvalue weighted by Crippen LogP contribution is 2.34. The van der Waals surface area contributed by atoms with E-state index in [9.17, 15) is 0 Å². The third-order valence-electron chi connectivity index (χ3n) is 3.17. The Bertz CT molecular complexity index is 337. The van der Waals surface area contributed by atoms with Crippen molar-refractivity contribution in [3.05, 3.63) is 34.9 Å². The molecule has 0 bridgehead atoms. The number of benzene rings is 1. The maximum absolute atomic E-state index is 6.00. The lowest BCUT2D eigenvalue weighted by molar-refractivity contribution is 0.357. The van der Waals surface area contributed by atoms with Gasteiger partial charge in [0.2, 0.25) is 0 Å². The van der Waals surface area contributed by atoms with Crippen molar-refractivity contribution in [3.8, 4) is 0 Å². The highest BCUT2D eigenvalue weighted by Gasteiger charge is 2.35. The van der Waals surface area contributed by atoms with Crippen molar-refractivity contribution in [3.63, 3.8) is 0 Å². The van der Waals surface area contributed by atoms with E-state index in [0.717, 1.165) is 17.9 Å². The third-order valence-corrected chi connectivity index (χ3v) is 3.40. The minimum atomic E-state index is 0.457. The van der Waals surface area contributed by atoms with E-state index in [-0.39, 0.29) is 0 Å². The molecule has 1 nitrogen and oxygen atoms in total. The zero-order valence-electron chi connectivity index (χ0n) is 9.24. The number of epoxide rings is 1. The molecule has 1 fully saturated rings. The molecule has 3 atom stereocenters. The van der Waals surface area contributed by atoms with Crippen molar-refractivity contribution >= 4 is 11.6 Å². The minimum Gasteiger partial charge on any atom is -0.370 e. The van der Waals surface area contributed by atoms with Crippen LogP contribution in [-0.4, -0.2) is 12.2 Å². The molecule has 1 saturated heterocycles. The molecule has 2 heteroatoms. The normalized spacial score (nSPS) is 26.3. The van der Waals surface area contributed by atoms with Gasteiger partial charge in [0.15, 0.2) is 0 Å². The Morgan fingerprint density at radius 2 is 2.20 bits per heavy atom. The largest absolute Gasteiger partial charge is 0.370 e. The highest BCUT2D eigenvalue weighted by atomic mass is 35.5. The van der Waals surface area contributed by atoms with E-state index in [4.69, 9.17) is 16.3 Å². The molecule has 0 aromatic heterocycles. The summed E-state index contributed by atoms with van der Waals surface area (Å²) in [7, 11) is 0. The molecular formula is C13H17ClO. The summed E-state index contributed by atoms with van der Waals surface area (Å²) in [5.74, 6) is 0.582. The summed E-state index contributed by atoms with van der Waals surface area (Å²) in [6.07, 6.45) is 3.19. The van der Waals surface area contributed by atoms with Crippen LogP contribution in [0, 0.1) is 0 Å². The van der Waals surface area contributed by atoms with Crippen LogP contribution in [0.2, 0.25) is 5.02 Å². The summed E-state index contributed by atoms with van der Waals surface area (Å²) in [5.41, 5.74) is 1.34. The molecule has 1 aliphatic rings. The Morgan fingerprint density at radius 1 is 1.47 bits per heavy atom. The molecule has 0 saturated carbocycles. The second kappa shape index (κ2) is 4.54. The predicted molar refractivity (Wildman–Crippen MR) is 63.4 cm³/mol. The fourth-order valence-electron chi connectivity index (χ4n) is 2.06. The topological polar surface area (TPSA) is 12.5 Å². The van der Waals surface area contributed by atoms with Crippen LogP contribution >= 0.6 is 11.6 Å². The number of rotatable bonds is 4. The second-order valence-electron chi connectivity index (χ2n) is 4.28. The van der Waals surface area contributed by atoms with Crippen LogP contribution in [0.3, 0.4) is 0 Å². The van der Waals surface area contributed by atoms with E-state index >= 15 is 0 Å². The van der Waals surface area contributed by atoms with Crippen LogP contribution in [-0.2, 0) is 4.74 Å². The van der Waals surface area contributed by atoms with Gasteiger partial charge in [0, 0.05) is 5.02 Å². The van der Waals surface area contributed by atoms with Crippen molar-refractivity contribution in [1.82, 2.24) is 0 Å². The van der Waals surface area contributed by atoms with E-state index in [1.54, 1.807) is 0 Å². The van der Waals surface area contributed by atoms with Crippen LogP contribution in [0.25, 0.3) is 0 Å². The zero-order chi connectivity index (χ0) is 10.8. The van der Waals surface area contributed by atoms with Crippen molar-refractivity contribution < 1.29 is 4.74 Å². The molecule has 1 aliphatic heterocycles. The SMILES string of the molecule is CCC(CC1OC1C)c1cccc(Cl)c1. The standard InChI is InChI=1S/C13H17ClO/c1-3-10(8-13-9(2)15-13)11-5-4-6-12(14)7-11/h4-7,9-10,13H,3,8H2,1-2H3. The molecule has 82 valence electrons. The van der Waals surface area contributed by atoms with Gasteiger partial charge in [-0.05, 0) is 43.4 Å². The predicted octanol–water partition coefficient (Wildman–Crippen LogP) is 4.01.